The van der Waals surface area contributed by atoms with Crippen LogP contribution in [-0.2, 0) is 6.42 Å². The maximum absolute atomic E-state index is 5.17. The van der Waals surface area contributed by atoms with Crippen LogP contribution in [0.3, 0.4) is 0 Å². The van der Waals surface area contributed by atoms with Gasteiger partial charge in [0.05, 0.1) is 7.11 Å². The van der Waals surface area contributed by atoms with Gasteiger partial charge in [0.2, 0.25) is 0 Å². The molecule has 0 radical (unpaired) electrons. The standard InChI is InChI=1S/C16H27NO/c1-13(2)5-9-15(17-3)10-6-14-7-11-16(18-4)12-8-14/h7-8,11-13,15,17H,5-6,9-10H2,1-4H3. The van der Waals surface area contributed by atoms with Crippen LogP contribution in [0.5, 0.6) is 5.75 Å². The van der Waals surface area contributed by atoms with Crippen molar-refractivity contribution in [2.24, 2.45) is 5.92 Å². The molecule has 0 saturated carbocycles. The molecule has 1 unspecified atom stereocenters. The van der Waals surface area contributed by atoms with Gasteiger partial charge in [-0.2, -0.15) is 0 Å². The molecule has 0 spiro atoms. The molecule has 0 amide bonds. The minimum absolute atomic E-state index is 0.634. The fourth-order valence-electron chi connectivity index (χ4n) is 2.10. The second kappa shape index (κ2) is 8.15. The normalized spacial score (nSPS) is 12.7. The van der Waals surface area contributed by atoms with Crippen LogP contribution in [0, 0.1) is 5.92 Å². The maximum Gasteiger partial charge on any atom is 0.118 e. The summed E-state index contributed by atoms with van der Waals surface area (Å²) in [6.45, 7) is 4.58. The van der Waals surface area contributed by atoms with E-state index in [-0.39, 0.29) is 0 Å². The number of rotatable bonds is 8. The molecule has 0 saturated heterocycles. The molecular formula is C16H27NO. The highest BCUT2D eigenvalue weighted by Crippen LogP contribution is 2.15. The average molecular weight is 249 g/mol. The first kappa shape index (κ1) is 15.0. The zero-order chi connectivity index (χ0) is 13.4. The van der Waals surface area contributed by atoms with Gasteiger partial charge in [-0.05, 0) is 56.3 Å². The Morgan fingerprint density at radius 3 is 2.22 bits per heavy atom. The monoisotopic (exact) mass is 249 g/mol. The molecule has 0 aliphatic carbocycles. The Hall–Kier alpha value is -1.02. The summed E-state index contributed by atoms with van der Waals surface area (Å²) in [6.07, 6.45) is 4.90. The zero-order valence-electron chi connectivity index (χ0n) is 12.2. The van der Waals surface area contributed by atoms with Crippen LogP contribution in [0.15, 0.2) is 24.3 Å². The summed E-state index contributed by atoms with van der Waals surface area (Å²) in [5.41, 5.74) is 1.39. The van der Waals surface area contributed by atoms with E-state index in [4.69, 9.17) is 4.74 Å². The van der Waals surface area contributed by atoms with E-state index in [1.165, 1.54) is 24.8 Å². The van der Waals surface area contributed by atoms with Crippen molar-refractivity contribution in [3.8, 4) is 5.75 Å². The average Bonchev–Trinajstić information content (AvgIpc) is 2.39. The lowest BCUT2D eigenvalue weighted by Gasteiger charge is -2.17. The molecule has 0 aliphatic heterocycles. The summed E-state index contributed by atoms with van der Waals surface area (Å²) >= 11 is 0. The van der Waals surface area contributed by atoms with Gasteiger partial charge in [0, 0.05) is 6.04 Å². The molecule has 2 heteroatoms. The topological polar surface area (TPSA) is 21.3 Å². The smallest absolute Gasteiger partial charge is 0.118 e. The molecule has 0 bridgehead atoms. The lowest BCUT2D eigenvalue weighted by Crippen LogP contribution is -2.26. The van der Waals surface area contributed by atoms with E-state index in [2.05, 4.69) is 38.3 Å². The summed E-state index contributed by atoms with van der Waals surface area (Å²) in [5.74, 6) is 1.73. The lowest BCUT2D eigenvalue weighted by molar-refractivity contribution is 0.414. The molecule has 1 atom stereocenters. The number of ether oxygens (including phenoxy) is 1. The maximum atomic E-state index is 5.17. The lowest BCUT2D eigenvalue weighted by atomic mass is 9.98. The van der Waals surface area contributed by atoms with E-state index < -0.39 is 0 Å². The Morgan fingerprint density at radius 2 is 1.72 bits per heavy atom. The highest BCUT2D eigenvalue weighted by molar-refractivity contribution is 5.27. The largest absolute Gasteiger partial charge is 0.497 e. The number of hydrogen-bond acceptors (Lipinski definition) is 2. The first-order valence-electron chi connectivity index (χ1n) is 6.96. The third-order valence-electron chi connectivity index (χ3n) is 3.44. The van der Waals surface area contributed by atoms with Crippen molar-refractivity contribution in [3.63, 3.8) is 0 Å². The van der Waals surface area contributed by atoms with E-state index in [1.807, 2.05) is 12.1 Å². The fraction of sp³-hybridized carbons (Fsp3) is 0.625. The van der Waals surface area contributed by atoms with Crippen LogP contribution in [0.1, 0.15) is 38.7 Å². The molecule has 1 aromatic rings. The number of aryl methyl sites for hydroxylation is 1. The third-order valence-corrected chi connectivity index (χ3v) is 3.44. The van der Waals surface area contributed by atoms with Crippen LogP contribution in [0.4, 0.5) is 0 Å². The summed E-state index contributed by atoms with van der Waals surface area (Å²) in [4.78, 5) is 0. The van der Waals surface area contributed by atoms with Gasteiger partial charge in [-0.15, -0.1) is 0 Å². The Labute approximate surface area is 112 Å². The Balaban J connectivity index is 2.36. The van der Waals surface area contributed by atoms with E-state index in [0.29, 0.717) is 6.04 Å². The van der Waals surface area contributed by atoms with E-state index in [1.54, 1.807) is 7.11 Å². The molecule has 1 rings (SSSR count). The van der Waals surface area contributed by atoms with Crippen molar-refractivity contribution in [1.29, 1.82) is 0 Å². The second-order valence-electron chi connectivity index (χ2n) is 5.34. The van der Waals surface area contributed by atoms with Crippen LogP contribution < -0.4 is 10.1 Å². The molecule has 0 fully saturated rings. The molecule has 0 heterocycles. The van der Waals surface area contributed by atoms with Crippen molar-refractivity contribution in [2.45, 2.75) is 45.6 Å². The van der Waals surface area contributed by atoms with Crippen LogP contribution in [0.2, 0.25) is 0 Å². The Kier molecular flexibility index (Phi) is 6.81. The molecule has 1 aromatic carbocycles. The third kappa shape index (κ3) is 5.54. The van der Waals surface area contributed by atoms with E-state index >= 15 is 0 Å². The van der Waals surface area contributed by atoms with Gasteiger partial charge in [0.15, 0.2) is 0 Å². The van der Waals surface area contributed by atoms with Gasteiger partial charge in [-0.3, -0.25) is 0 Å². The minimum Gasteiger partial charge on any atom is -0.497 e. The summed E-state index contributed by atoms with van der Waals surface area (Å²) in [7, 11) is 3.77. The number of nitrogens with one attached hydrogen (secondary N) is 1. The zero-order valence-corrected chi connectivity index (χ0v) is 12.2. The first-order chi connectivity index (χ1) is 8.65. The molecule has 1 N–H and O–H groups in total. The minimum atomic E-state index is 0.634. The van der Waals surface area contributed by atoms with Crippen LogP contribution in [0.25, 0.3) is 0 Å². The summed E-state index contributed by atoms with van der Waals surface area (Å²) < 4.78 is 5.17. The van der Waals surface area contributed by atoms with Crippen molar-refractivity contribution in [2.75, 3.05) is 14.2 Å². The summed E-state index contributed by atoms with van der Waals surface area (Å²) in [6, 6.07) is 9.03. The van der Waals surface area contributed by atoms with Gasteiger partial charge < -0.3 is 10.1 Å². The van der Waals surface area contributed by atoms with Crippen molar-refractivity contribution >= 4 is 0 Å². The first-order valence-corrected chi connectivity index (χ1v) is 6.96. The Bertz CT molecular complexity index is 318. The fourth-order valence-corrected chi connectivity index (χ4v) is 2.10. The quantitative estimate of drug-likeness (QED) is 0.759. The van der Waals surface area contributed by atoms with Gasteiger partial charge in [-0.25, -0.2) is 0 Å². The SMILES string of the molecule is CNC(CCc1ccc(OC)cc1)CCC(C)C. The molecular weight excluding hydrogens is 222 g/mol. The predicted octanol–water partition coefficient (Wildman–Crippen LogP) is 3.65. The van der Waals surface area contributed by atoms with Gasteiger partial charge in [0.25, 0.3) is 0 Å². The second-order valence-corrected chi connectivity index (χ2v) is 5.34. The highest BCUT2D eigenvalue weighted by atomic mass is 16.5. The molecule has 0 aromatic heterocycles. The van der Waals surface area contributed by atoms with Gasteiger partial charge in [-0.1, -0.05) is 26.0 Å². The van der Waals surface area contributed by atoms with Gasteiger partial charge >= 0.3 is 0 Å². The molecule has 102 valence electrons. The van der Waals surface area contributed by atoms with E-state index in [0.717, 1.165) is 18.1 Å². The Morgan fingerprint density at radius 1 is 1.06 bits per heavy atom. The summed E-state index contributed by atoms with van der Waals surface area (Å²) in [5, 5.41) is 3.43. The van der Waals surface area contributed by atoms with Crippen molar-refractivity contribution in [3.05, 3.63) is 29.8 Å². The van der Waals surface area contributed by atoms with Crippen LogP contribution >= 0.6 is 0 Å². The van der Waals surface area contributed by atoms with Crippen LogP contribution in [-0.4, -0.2) is 20.2 Å². The predicted molar refractivity (Wildman–Crippen MR) is 78.2 cm³/mol. The van der Waals surface area contributed by atoms with Gasteiger partial charge in [0.1, 0.15) is 5.75 Å². The highest BCUT2D eigenvalue weighted by Gasteiger charge is 2.07. The molecule has 18 heavy (non-hydrogen) atoms. The van der Waals surface area contributed by atoms with Crippen molar-refractivity contribution < 1.29 is 4.74 Å². The number of hydrogen-bond donors (Lipinski definition) is 1. The number of methoxy groups -OCH3 is 1. The van der Waals surface area contributed by atoms with E-state index in [9.17, 15) is 0 Å². The number of benzene rings is 1. The molecule has 2 nitrogen and oxygen atoms in total. The molecule has 0 aliphatic rings. The van der Waals surface area contributed by atoms with Crippen molar-refractivity contribution in [1.82, 2.24) is 5.32 Å².